The summed E-state index contributed by atoms with van der Waals surface area (Å²) in [7, 11) is 1.63. The maximum atomic E-state index is 5.91. The smallest absolute Gasteiger partial charge is 0.210 e. The van der Waals surface area contributed by atoms with E-state index in [1.807, 2.05) is 12.1 Å². The van der Waals surface area contributed by atoms with E-state index in [0.29, 0.717) is 11.0 Å². The third kappa shape index (κ3) is 2.60. The van der Waals surface area contributed by atoms with Crippen molar-refractivity contribution in [3.8, 4) is 0 Å². The normalized spacial score (nSPS) is 11.3. The quantitative estimate of drug-likeness (QED) is 0.318. The van der Waals surface area contributed by atoms with Gasteiger partial charge in [-0.2, -0.15) is 0 Å². The lowest BCUT2D eigenvalue weighted by Crippen LogP contribution is -2.36. The first-order valence-corrected chi connectivity index (χ1v) is 5.00. The molecule has 4 nitrogen and oxygen atoms in total. The molecule has 0 aliphatic carbocycles. The van der Waals surface area contributed by atoms with Gasteiger partial charge in [0, 0.05) is 7.05 Å². The van der Waals surface area contributed by atoms with Gasteiger partial charge in [0.25, 0.3) is 0 Å². The third-order valence-electron chi connectivity index (χ3n) is 1.56. The second kappa shape index (κ2) is 5.19. The average Bonchev–Trinajstić information content (AvgIpc) is 2.20. The molecule has 0 saturated carbocycles. The van der Waals surface area contributed by atoms with Gasteiger partial charge in [-0.1, -0.05) is 17.7 Å². The Hall–Kier alpha value is -0.780. The Morgan fingerprint density at radius 1 is 1.57 bits per heavy atom. The second-order valence-electron chi connectivity index (χ2n) is 2.44. The number of halogens is 2. The molecule has 0 spiro atoms. The Morgan fingerprint density at radius 3 is 2.86 bits per heavy atom. The van der Waals surface area contributed by atoms with Crippen LogP contribution in [0.25, 0.3) is 0 Å². The van der Waals surface area contributed by atoms with Crippen molar-refractivity contribution in [3.63, 3.8) is 0 Å². The fourth-order valence-electron chi connectivity index (χ4n) is 0.884. The van der Waals surface area contributed by atoms with Crippen LogP contribution < -0.4 is 16.6 Å². The monoisotopic (exact) mass is 276 g/mol. The predicted octanol–water partition coefficient (Wildman–Crippen LogP) is 1.96. The van der Waals surface area contributed by atoms with Gasteiger partial charge in [0.15, 0.2) is 0 Å². The molecule has 1 aromatic rings. The molecule has 0 heterocycles. The van der Waals surface area contributed by atoms with Gasteiger partial charge in [0.05, 0.1) is 15.2 Å². The average molecular weight is 278 g/mol. The van der Waals surface area contributed by atoms with Gasteiger partial charge >= 0.3 is 0 Å². The first kappa shape index (κ1) is 11.3. The lowest BCUT2D eigenvalue weighted by molar-refractivity contribution is 1.01. The summed E-state index contributed by atoms with van der Waals surface area (Å²) in [4.78, 5) is 3.88. The van der Waals surface area contributed by atoms with Crippen molar-refractivity contribution < 1.29 is 0 Å². The van der Waals surface area contributed by atoms with Crippen LogP contribution in [0.15, 0.2) is 27.7 Å². The number of hydrazine groups is 1. The highest BCUT2D eigenvalue weighted by atomic mass is 79.9. The molecule has 14 heavy (non-hydrogen) atoms. The maximum absolute atomic E-state index is 5.91. The van der Waals surface area contributed by atoms with E-state index >= 15 is 0 Å². The highest BCUT2D eigenvalue weighted by Gasteiger charge is 2.04. The van der Waals surface area contributed by atoms with Crippen molar-refractivity contribution in [2.45, 2.75) is 0 Å². The molecule has 0 bridgehead atoms. The zero-order valence-electron chi connectivity index (χ0n) is 7.51. The minimum atomic E-state index is 0.466. The van der Waals surface area contributed by atoms with Gasteiger partial charge in [0.1, 0.15) is 0 Å². The van der Waals surface area contributed by atoms with E-state index in [1.165, 1.54) is 0 Å². The van der Waals surface area contributed by atoms with E-state index in [2.05, 4.69) is 31.7 Å². The number of hydrogen-bond donors (Lipinski definition) is 3. The number of nitrogens with zero attached hydrogens (tertiary/aromatic N) is 1. The number of nitrogens with two attached hydrogens (primary N) is 1. The number of guanidine groups is 1. The molecule has 0 fully saturated rings. The highest BCUT2D eigenvalue weighted by Crippen LogP contribution is 2.29. The minimum Gasteiger partial charge on any atom is -0.324 e. The number of rotatable bonds is 1. The van der Waals surface area contributed by atoms with Gasteiger partial charge in [0.2, 0.25) is 5.96 Å². The van der Waals surface area contributed by atoms with Crippen molar-refractivity contribution in [3.05, 3.63) is 27.7 Å². The number of benzene rings is 1. The molecule has 0 aromatic heterocycles. The Kier molecular flexibility index (Phi) is 4.19. The number of aliphatic imine (C=N–C) groups is 1. The topological polar surface area (TPSA) is 62.4 Å². The lowest BCUT2D eigenvalue weighted by Gasteiger charge is -2.10. The van der Waals surface area contributed by atoms with Gasteiger partial charge in [-0.25, -0.2) is 5.84 Å². The summed E-state index contributed by atoms with van der Waals surface area (Å²) < 4.78 is 0.776. The van der Waals surface area contributed by atoms with Crippen LogP contribution in [0, 0.1) is 0 Å². The van der Waals surface area contributed by atoms with Crippen molar-refractivity contribution in [2.24, 2.45) is 10.8 Å². The molecule has 4 N–H and O–H groups in total. The Morgan fingerprint density at radius 2 is 2.29 bits per heavy atom. The van der Waals surface area contributed by atoms with Crippen molar-refractivity contribution >= 4 is 39.2 Å². The number of nitrogens with one attached hydrogen (secondary N) is 2. The zero-order valence-corrected chi connectivity index (χ0v) is 9.85. The molecule has 0 atom stereocenters. The summed E-state index contributed by atoms with van der Waals surface area (Å²) in [5.74, 6) is 5.69. The second-order valence-corrected chi connectivity index (χ2v) is 3.64. The van der Waals surface area contributed by atoms with Crippen LogP contribution in [0.4, 0.5) is 5.69 Å². The summed E-state index contributed by atoms with van der Waals surface area (Å²) in [6.45, 7) is 0. The molecule has 6 heteroatoms. The fourth-order valence-corrected chi connectivity index (χ4v) is 1.42. The molecule has 76 valence electrons. The maximum Gasteiger partial charge on any atom is 0.210 e. The van der Waals surface area contributed by atoms with Crippen molar-refractivity contribution in [1.82, 2.24) is 5.43 Å². The molecule has 1 aromatic carbocycles. The molecule has 0 radical (unpaired) electrons. The fraction of sp³-hybridized carbons (Fsp3) is 0.125. The molecule has 0 saturated heterocycles. The van der Waals surface area contributed by atoms with Crippen LogP contribution in [0.2, 0.25) is 5.02 Å². The Labute approximate surface area is 95.6 Å². The Bertz CT molecular complexity index is 353. The predicted molar refractivity (Wildman–Crippen MR) is 63.5 cm³/mol. The standard InChI is InChI=1S/C8H10BrClN4/c1-12-8(14-11)13-6-4-2-3-5(10)7(6)9/h2-4H,11H2,1H3,(H2,12,13,14). The summed E-state index contributed by atoms with van der Waals surface area (Å²) in [5, 5.41) is 3.60. The van der Waals surface area contributed by atoms with Crippen LogP contribution in [0.5, 0.6) is 0 Å². The summed E-state index contributed by atoms with van der Waals surface area (Å²) in [6.07, 6.45) is 0. The lowest BCUT2D eigenvalue weighted by atomic mass is 10.3. The van der Waals surface area contributed by atoms with Crippen LogP contribution in [0.3, 0.4) is 0 Å². The van der Waals surface area contributed by atoms with E-state index < -0.39 is 0 Å². The first-order chi connectivity index (χ1) is 6.69. The molecule has 0 aliphatic rings. The van der Waals surface area contributed by atoms with E-state index in [1.54, 1.807) is 13.1 Å². The summed E-state index contributed by atoms with van der Waals surface area (Å²) in [5.41, 5.74) is 3.22. The first-order valence-electron chi connectivity index (χ1n) is 3.83. The van der Waals surface area contributed by atoms with Crippen LogP contribution in [0.1, 0.15) is 0 Å². The largest absolute Gasteiger partial charge is 0.324 e. The summed E-state index contributed by atoms with van der Waals surface area (Å²) >= 11 is 9.25. The van der Waals surface area contributed by atoms with Crippen molar-refractivity contribution in [2.75, 3.05) is 12.4 Å². The van der Waals surface area contributed by atoms with E-state index in [-0.39, 0.29) is 0 Å². The van der Waals surface area contributed by atoms with Gasteiger partial charge in [-0.15, -0.1) is 0 Å². The SMILES string of the molecule is CN=C(NN)Nc1cccc(Cl)c1Br. The minimum absolute atomic E-state index is 0.466. The zero-order chi connectivity index (χ0) is 10.6. The molecule has 1 rings (SSSR count). The Balaban J connectivity index is 2.92. The van der Waals surface area contributed by atoms with Crippen molar-refractivity contribution in [1.29, 1.82) is 0 Å². The van der Waals surface area contributed by atoms with Crippen LogP contribution in [-0.2, 0) is 0 Å². The molecule has 0 amide bonds. The van der Waals surface area contributed by atoms with Gasteiger partial charge < -0.3 is 5.32 Å². The number of anilines is 1. The van der Waals surface area contributed by atoms with E-state index in [4.69, 9.17) is 17.4 Å². The molecule has 0 aliphatic heterocycles. The van der Waals surface area contributed by atoms with Gasteiger partial charge in [-0.3, -0.25) is 10.4 Å². The summed E-state index contributed by atoms with van der Waals surface area (Å²) in [6, 6.07) is 5.48. The van der Waals surface area contributed by atoms with Gasteiger partial charge in [-0.05, 0) is 28.1 Å². The molecular formula is C8H10BrClN4. The van der Waals surface area contributed by atoms with Crippen LogP contribution in [-0.4, -0.2) is 13.0 Å². The highest BCUT2D eigenvalue weighted by molar-refractivity contribution is 9.10. The third-order valence-corrected chi connectivity index (χ3v) is 2.96. The van der Waals surface area contributed by atoms with E-state index in [9.17, 15) is 0 Å². The number of hydrogen-bond acceptors (Lipinski definition) is 2. The van der Waals surface area contributed by atoms with E-state index in [0.717, 1.165) is 10.2 Å². The molecule has 0 unspecified atom stereocenters. The molecular weight excluding hydrogens is 267 g/mol. The van der Waals surface area contributed by atoms with Crippen LogP contribution >= 0.6 is 27.5 Å².